The molecule has 0 fully saturated rings. The Bertz CT molecular complexity index is 184. The maximum absolute atomic E-state index is 10.7. The SMILES string of the molecule is O=S(=O)(O)C(F)(F)F.[SiH3]O[SiH3]. The van der Waals surface area contributed by atoms with Gasteiger partial charge >= 0.3 is 15.6 Å². The zero-order valence-corrected chi connectivity index (χ0v) is 10.5. The standard InChI is InChI=1S/CHF3O3S.H6OSi2/c2-1(3,4)8(5,6)7;2-1-3/h(H,5,6,7);2-3H3. The van der Waals surface area contributed by atoms with Crippen molar-refractivity contribution in [2.24, 2.45) is 0 Å². The molecule has 70 valence electrons. The van der Waals surface area contributed by atoms with Gasteiger partial charge in [-0.25, -0.2) is 0 Å². The van der Waals surface area contributed by atoms with Crippen LogP contribution in [0.15, 0.2) is 0 Å². The monoisotopic (exact) mass is 228 g/mol. The van der Waals surface area contributed by atoms with Gasteiger partial charge in [0.25, 0.3) is 0 Å². The molecule has 0 aromatic rings. The van der Waals surface area contributed by atoms with Gasteiger partial charge in [-0.3, -0.25) is 4.55 Å². The van der Waals surface area contributed by atoms with Crippen molar-refractivity contribution >= 4 is 31.1 Å². The van der Waals surface area contributed by atoms with Gasteiger partial charge in [-0.05, 0) is 0 Å². The van der Waals surface area contributed by atoms with Crippen LogP contribution in [0.2, 0.25) is 0 Å². The Kier molecular flexibility index (Phi) is 6.05. The summed E-state index contributed by atoms with van der Waals surface area (Å²) in [4.78, 5) is 0. The Morgan fingerprint density at radius 2 is 1.36 bits per heavy atom. The molecule has 0 saturated carbocycles. The lowest BCUT2D eigenvalue weighted by atomic mass is 11.6. The van der Waals surface area contributed by atoms with Crippen LogP contribution in [0.1, 0.15) is 0 Å². The quantitative estimate of drug-likeness (QED) is 0.295. The molecule has 0 saturated heterocycles. The molecule has 0 aliphatic carbocycles. The van der Waals surface area contributed by atoms with E-state index in [1.807, 2.05) is 0 Å². The third-order valence-electron chi connectivity index (χ3n) is 0.292. The van der Waals surface area contributed by atoms with E-state index >= 15 is 0 Å². The lowest BCUT2D eigenvalue weighted by Crippen LogP contribution is -2.21. The average molecular weight is 228 g/mol. The molecule has 0 spiro atoms. The first-order valence-corrected chi connectivity index (χ1v) is 5.18. The van der Waals surface area contributed by atoms with Crippen LogP contribution in [0.5, 0.6) is 0 Å². The minimum atomic E-state index is -5.84. The Labute approximate surface area is 67.6 Å². The molecular formula is CH7F3O4SSi2. The Morgan fingerprint density at radius 3 is 1.36 bits per heavy atom. The summed E-state index contributed by atoms with van der Waals surface area (Å²) >= 11 is 0. The molecule has 0 aliphatic rings. The van der Waals surface area contributed by atoms with E-state index in [0.29, 0.717) is 0 Å². The van der Waals surface area contributed by atoms with Crippen molar-refractivity contribution in [1.82, 2.24) is 0 Å². The summed E-state index contributed by atoms with van der Waals surface area (Å²) in [7, 11) is -3.98. The molecule has 10 heteroatoms. The lowest BCUT2D eigenvalue weighted by Gasteiger charge is -1.97. The fraction of sp³-hybridized carbons (Fsp3) is 1.00. The van der Waals surface area contributed by atoms with E-state index in [1.165, 1.54) is 0 Å². The van der Waals surface area contributed by atoms with Gasteiger partial charge in [-0.2, -0.15) is 21.6 Å². The van der Waals surface area contributed by atoms with Gasteiger partial charge < -0.3 is 4.12 Å². The maximum Gasteiger partial charge on any atom is 0.522 e. The van der Waals surface area contributed by atoms with Crippen molar-refractivity contribution in [2.75, 3.05) is 0 Å². The number of alkyl halides is 3. The van der Waals surface area contributed by atoms with E-state index in [2.05, 4.69) is 4.12 Å². The second kappa shape index (κ2) is 4.87. The molecular weight excluding hydrogens is 221 g/mol. The van der Waals surface area contributed by atoms with Crippen molar-refractivity contribution < 1.29 is 30.3 Å². The summed E-state index contributed by atoms with van der Waals surface area (Å²) < 4.78 is 62.1. The minimum Gasteiger partial charge on any atom is -0.471 e. The summed E-state index contributed by atoms with van der Waals surface area (Å²) in [5.41, 5.74) is -5.53. The second-order valence-corrected chi connectivity index (χ2v) is 6.01. The molecule has 0 radical (unpaired) electrons. The van der Waals surface area contributed by atoms with Crippen molar-refractivity contribution in [3.63, 3.8) is 0 Å². The van der Waals surface area contributed by atoms with Gasteiger partial charge in [-0.1, -0.05) is 0 Å². The third kappa shape index (κ3) is 8.00. The third-order valence-corrected chi connectivity index (χ3v) is 0.877. The molecule has 0 aliphatic heterocycles. The van der Waals surface area contributed by atoms with E-state index in [0.717, 1.165) is 21.0 Å². The van der Waals surface area contributed by atoms with Gasteiger partial charge in [0.05, 0.1) is 0 Å². The molecule has 0 rings (SSSR count). The van der Waals surface area contributed by atoms with Gasteiger partial charge in [0, 0.05) is 0 Å². The largest absolute Gasteiger partial charge is 0.522 e. The minimum absolute atomic E-state index is 0.931. The summed E-state index contributed by atoms with van der Waals surface area (Å²) in [5, 5.41) is 0. The summed E-state index contributed by atoms with van der Waals surface area (Å²) in [6.45, 7) is 0. The number of halogens is 3. The van der Waals surface area contributed by atoms with Crippen LogP contribution in [-0.2, 0) is 14.2 Å². The molecule has 0 amide bonds. The highest BCUT2D eigenvalue weighted by Gasteiger charge is 2.44. The molecule has 0 aromatic carbocycles. The zero-order valence-electron chi connectivity index (χ0n) is 5.71. The molecule has 0 unspecified atom stereocenters. The van der Waals surface area contributed by atoms with E-state index in [-0.39, 0.29) is 0 Å². The van der Waals surface area contributed by atoms with Crippen molar-refractivity contribution in [3.8, 4) is 0 Å². The summed E-state index contributed by atoms with van der Waals surface area (Å²) in [6, 6.07) is 0. The van der Waals surface area contributed by atoms with E-state index in [1.54, 1.807) is 0 Å². The van der Waals surface area contributed by atoms with Crippen molar-refractivity contribution in [1.29, 1.82) is 0 Å². The molecule has 0 heterocycles. The number of hydrogen-bond donors (Lipinski definition) is 1. The Morgan fingerprint density at radius 1 is 1.27 bits per heavy atom. The first kappa shape index (κ1) is 13.7. The van der Waals surface area contributed by atoms with Crippen LogP contribution in [0.4, 0.5) is 13.2 Å². The van der Waals surface area contributed by atoms with Crippen LogP contribution >= 0.6 is 0 Å². The highest BCUT2D eigenvalue weighted by molar-refractivity contribution is 7.86. The number of rotatable bonds is 0. The first-order chi connectivity index (χ1) is 4.66. The van der Waals surface area contributed by atoms with Crippen LogP contribution in [-0.4, -0.2) is 39.5 Å². The van der Waals surface area contributed by atoms with Gasteiger partial charge in [0.2, 0.25) is 0 Å². The molecule has 0 atom stereocenters. The van der Waals surface area contributed by atoms with Crippen molar-refractivity contribution in [2.45, 2.75) is 5.51 Å². The Hall–Kier alpha value is 0.0938. The smallest absolute Gasteiger partial charge is 0.471 e. The fourth-order valence-corrected chi connectivity index (χ4v) is 0. The normalized spacial score (nSPS) is 12.4. The predicted molar refractivity (Wildman–Crippen MR) is 38.6 cm³/mol. The van der Waals surface area contributed by atoms with Gasteiger partial charge in [-0.15, -0.1) is 0 Å². The molecule has 11 heavy (non-hydrogen) atoms. The van der Waals surface area contributed by atoms with Gasteiger partial charge in [0.15, 0.2) is 0 Å². The first-order valence-electron chi connectivity index (χ1n) is 2.10. The topological polar surface area (TPSA) is 63.6 Å². The second-order valence-electron chi connectivity index (χ2n) is 1.33. The van der Waals surface area contributed by atoms with E-state index < -0.39 is 15.6 Å². The fourth-order valence-electron chi connectivity index (χ4n) is 0. The van der Waals surface area contributed by atoms with E-state index in [9.17, 15) is 13.2 Å². The molecule has 0 aromatic heterocycles. The van der Waals surface area contributed by atoms with Crippen LogP contribution in [0.25, 0.3) is 0 Å². The van der Waals surface area contributed by atoms with Crippen molar-refractivity contribution in [3.05, 3.63) is 0 Å². The number of hydrogen-bond acceptors (Lipinski definition) is 3. The highest BCUT2D eigenvalue weighted by atomic mass is 32.2. The molecule has 4 nitrogen and oxygen atoms in total. The van der Waals surface area contributed by atoms with Crippen LogP contribution in [0.3, 0.4) is 0 Å². The van der Waals surface area contributed by atoms with Crippen LogP contribution < -0.4 is 0 Å². The highest BCUT2D eigenvalue weighted by Crippen LogP contribution is 2.20. The zero-order chi connectivity index (χ0) is 9.71. The summed E-state index contributed by atoms with van der Waals surface area (Å²) in [5.74, 6) is 0. The lowest BCUT2D eigenvalue weighted by molar-refractivity contribution is -0.0510. The molecule has 0 bridgehead atoms. The van der Waals surface area contributed by atoms with Gasteiger partial charge in [0.1, 0.15) is 21.0 Å². The maximum atomic E-state index is 10.7. The predicted octanol–water partition coefficient (Wildman–Crippen LogP) is -2.04. The summed E-state index contributed by atoms with van der Waals surface area (Å²) in [6.07, 6.45) is 0. The Balaban J connectivity index is 0. The average Bonchev–Trinajstić information content (AvgIpc) is 1.60. The van der Waals surface area contributed by atoms with E-state index in [4.69, 9.17) is 13.0 Å². The molecule has 1 N–H and O–H groups in total. The van der Waals surface area contributed by atoms with Crippen LogP contribution in [0, 0.1) is 0 Å².